The minimum Gasteiger partial charge on any atom is -0.496 e. The molecule has 0 unspecified atom stereocenters. The molecule has 0 atom stereocenters. The maximum Gasteiger partial charge on any atom is 0.219 e. The Morgan fingerprint density at radius 2 is 2.14 bits per heavy atom. The van der Waals surface area contributed by atoms with Crippen LogP contribution in [0, 0.1) is 0 Å². The first-order valence-electron chi connectivity index (χ1n) is 6.76. The normalized spacial score (nSPS) is 10.0. The molecule has 1 amide bonds. The summed E-state index contributed by atoms with van der Waals surface area (Å²) < 4.78 is 10.7. The summed E-state index contributed by atoms with van der Waals surface area (Å²) in [5, 5.41) is 11.8. The number of amides is 1. The van der Waals surface area contributed by atoms with Gasteiger partial charge in [0.2, 0.25) is 5.91 Å². The van der Waals surface area contributed by atoms with E-state index in [1.165, 1.54) is 7.11 Å². The Hall–Kier alpha value is -2.08. The van der Waals surface area contributed by atoms with Gasteiger partial charge in [0.15, 0.2) is 6.29 Å². The van der Waals surface area contributed by atoms with Gasteiger partial charge < -0.3 is 19.9 Å². The lowest BCUT2D eigenvalue weighted by Gasteiger charge is -2.12. The molecule has 0 spiro atoms. The predicted octanol–water partition coefficient (Wildman–Crippen LogP) is 1.30. The number of hydrogen-bond donors (Lipinski definition) is 2. The molecule has 2 N–H and O–H groups in total. The lowest BCUT2D eigenvalue weighted by Crippen LogP contribution is -2.17. The van der Waals surface area contributed by atoms with Crippen molar-refractivity contribution in [2.75, 3.05) is 20.8 Å². The lowest BCUT2D eigenvalue weighted by molar-refractivity contribution is -0.120. The maximum absolute atomic E-state index is 11.1. The third kappa shape index (κ3) is 5.07. The Morgan fingerprint density at radius 3 is 2.71 bits per heavy atom. The number of benzene rings is 1. The van der Waals surface area contributed by atoms with Crippen molar-refractivity contribution in [1.29, 1.82) is 0 Å². The minimum atomic E-state index is -0.274. The van der Waals surface area contributed by atoms with Gasteiger partial charge in [0.25, 0.3) is 0 Å². The molecule has 0 fully saturated rings. The van der Waals surface area contributed by atoms with E-state index in [4.69, 9.17) is 9.47 Å². The van der Waals surface area contributed by atoms with Gasteiger partial charge in [-0.15, -0.1) is 0 Å². The van der Waals surface area contributed by atoms with Crippen LogP contribution in [-0.2, 0) is 11.4 Å². The highest BCUT2D eigenvalue weighted by Gasteiger charge is 2.11. The van der Waals surface area contributed by atoms with Gasteiger partial charge in [-0.25, -0.2) is 0 Å². The molecule has 1 aromatic carbocycles. The van der Waals surface area contributed by atoms with E-state index >= 15 is 0 Å². The molecule has 6 heteroatoms. The van der Waals surface area contributed by atoms with Crippen LogP contribution in [0.2, 0.25) is 0 Å². The van der Waals surface area contributed by atoms with Crippen LogP contribution in [0.3, 0.4) is 0 Å². The maximum atomic E-state index is 11.1. The molecule has 1 aromatic rings. The fourth-order valence-corrected chi connectivity index (χ4v) is 1.88. The van der Waals surface area contributed by atoms with E-state index in [0.717, 1.165) is 12.8 Å². The molecule has 0 radical (unpaired) electrons. The van der Waals surface area contributed by atoms with Crippen LogP contribution in [0.1, 0.15) is 35.2 Å². The molecule has 0 aliphatic heterocycles. The van der Waals surface area contributed by atoms with Crippen LogP contribution in [0.25, 0.3) is 0 Å². The Labute approximate surface area is 124 Å². The molecule has 21 heavy (non-hydrogen) atoms. The van der Waals surface area contributed by atoms with Crippen LogP contribution < -0.4 is 14.8 Å². The second-order valence-electron chi connectivity index (χ2n) is 4.45. The number of nitrogens with one attached hydrogen (secondary N) is 1. The molecule has 0 saturated heterocycles. The smallest absolute Gasteiger partial charge is 0.219 e. The van der Waals surface area contributed by atoms with E-state index in [2.05, 4.69) is 5.32 Å². The van der Waals surface area contributed by atoms with E-state index in [-0.39, 0.29) is 12.5 Å². The van der Waals surface area contributed by atoms with Crippen molar-refractivity contribution >= 4 is 12.2 Å². The average Bonchev–Trinajstić information content (AvgIpc) is 2.52. The van der Waals surface area contributed by atoms with Crippen LogP contribution in [-0.4, -0.2) is 38.1 Å². The van der Waals surface area contributed by atoms with Crippen LogP contribution in [0.4, 0.5) is 0 Å². The van der Waals surface area contributed by atoms with Gasteiger partial charge in [-0.1, -0.05) is 0 Å². The highest BCUT2D eigenvalue weighted by atomic mass is 16.5. The van der Waals surface area contributed by atoms with Crippen molar-refractivity contribution in [3.8, 4) is 11.5 Å². The molecule has 0 aromatic heterocycles. The summed E-state index contributed by atoms with van der Waals surface area (Å²) in [7, 11) is 3.07. The van der Waals surface area contributed by atoms with Crippen molar-refractivity contribution < 1.29 is 24.2 Å². The van der Waals surface area contributed by atoms with Crippen molar-refractivity contribution in [2.45, 2.75) is 25.9 Å². The SMILES string of the molecule is CNC(=O)CCCCOc1cc(C=O)c(CO)c(OC)c1. The lowest BCUT2D eigenvalue weighted by atomic mass is 10.1. The standard InChI is InChI=1S/C15H21NO5/c1-16-15(19)5-3-4-6-21-12-7-11(9-17)13(10-18)14(8-12)20-2/h7-9,18H,3-6,10H2,1-2H3,(H,16,19). The molecule has 0 saturated carbocycles. The van der Waals surface area contributed by atoms with Gasteiger partial charge in [-0.2, -0.15) is 0 Å². The second-order valence-corrected chi connectivity index (χ2v) is 4.45. The summed E-state index contributed by atoms with van der Waals surface area (Å²) in [6.07, 6.45) is 2.58. The molecule has 116 valence electrons. The zero-order valence-corrected chi connectivity index (χ0v) is 12.3. The first-order chi connectivity index (χ1) is 10.2. The van der Waals surface area contributed by atoms with Gasteiger partial charge in [-0.3, -0.25) is 9.59 Å². The van der Waals surface area contributed by atoms with Crippen LogP contribution in [0.15, 0.2) is 12.1 Å². The first-order valence-corrected chi connectivity index (χ1v) is 6.76. The van der Waals surface area contributed by atoms with Crippen molar-refractivity contribution in [1.82, 2.24) is 5.32 Å². The summed E-state index contributed by atoms with van der Waals surface area (Å²) in [4.78, 5) is 22.1. The number of rotatable bonds is 9. The van der Waals surface area contributed by atoms with Crippen LogP contribution >= 0.6 is 0 Å². The highest BCUT2D eigenvalue weighted by Crippen LogP contribution is 2.28. The number of aldehydes is 1. The zero-order valence-electron chi connectivity index (χ0n) is 12.3. The van der Waals surface area contributed by atoms with E-state index in [9.17, 15) is 14.7 Å². The number of aliphatic hydroxyl groups excluding tert-OH is 1. The summed E-state index contributed by atoms with van der Waals surface area (Å²) >= 11 is 0. The number of carbonyl (C=O) groups excluding carboxylic acids is 2. The minimum absolute atomic E-state index is 0.00668. The van der Waals surface area contributed by atoms with E-state index in [1.54, 1.807) is 19.2 Å². The summed E-state index contributed by atoms with van der Waals surface area (Å²) in [6, 6.07) is 3.21. The molecular formula is C15H21NO5. The number of carbonyl (C=O) groups is 2. The van der Waals surface area contributed by atoms with Gasteiger partial charge in [0, 0.05) is 30.7 Å². The highest BCUT2D eigenvalue weighted by molar-refractivity contribution is 5.79. The number of hydrogen-bond acceptors (Lipinski definition) is 5. The van der Waals surface area contributed by atoms with Gasteiger partial charge in [0.05, 0.1) is 20.3 Å². The topological polar surface area (TPSA) is 84.9 Å². The Kier molecular flexibility index (Phi) is 7.25. The quantitative estimate of drug-likeness (QED) is 0.530. The van der Waals surface area contributed by atoms with Gasteiger partial charge in [0.1, 0.15) is 11.5 Å². The number of unbranched alkanes of at least 4 members (excludes halogenated alkanes) is 1. The molecule has 0 bridgehead atoms. The van der Waals surface area contributed by atoms with E-state index in [1.807, 2.05) is 0 Å². The zero-order chi connectivity index (χ0) is 15.7. The van der Waals surface area contributed by atoms with Crippen LogP contribution in [0.5, 0.6) is 11.5 Å². The number of ether oxygens (including phenoxy) is 2. The monoisotopic (exact) mass is 295 g/mol. The van der Waals surface area contributed by atoms with Crippen molar-refractivity contribution in [3.63, 3.8) is 0 Å². The Morgan fingerprint density at radius 1 is 1.38 bits per heavy atom. The first kappa shape index (κ1) is 17.0. The van der Waals surface area contributed by atoms with Gasteiger partial charge in [-0.05, 0) is 18.9 Å². The molecule has 0 aliphatic carbocycles. The molecule has 0 aliphatic rings. The Balaban J connectivity index is 2.59. The predicted molar refractivity (Wildman–Crippen MR) is 77.7 cm³/mol. The molecular weight excluding hydrogens is 274 g/mol. The van der Waals surface area contributed by atoms with E-state index in [0.29, 0.717) is 41.9 Å². The second kappa shape index (κ2) is 8.97. The summed E-state index contributed by atoms with van der Waals surface area (Å²) in [5.74, 6) is 0.931. The number of methoxy groups -OCH3 is 1. The largest absolute Gasteiger partial charge is 0.496 e. The Bertz CT molecular complexity index is 487. The van der Waals surface area contributed by atoms with Crippen molar-refractivity contribution in [2.24, 2.45) is 0 Å². The fraction of sp³-hybridized carbons (Fsp3) is 0.467. The summed E-state index contributed by atoms with van der Waals surface area (Å²) in [6.45, 7) is 0.167. The molecule has 6 nitrogen and oxygen atoms in total. The molecule has 0 heterocycles. The van der Waals surface area contributed by atoms with E-state index < -0.39 is 0 Å². The third-order valence-electron chi connectivity index (χ3n) is 3.07. The van der Waals surface area contributed by atoms with Gasteiger partial charge >= 0.3 is 0 Å². The fourth-order valence-electron chi connectivity index (χ4n) is 1.88. The summed E-state index contributed by atoms with van der Waals surface area (Å²) in [5.41, 5.74) is 0.789. The third-order valence-corrected chi connectivity index (χ3v) is 3.07. The molecule has 1 rings (SSSR count). The average molecular weight is 295 g/mol. The van der Waals surface area contributed by atoms with Crippen molar-refractivity contribution in [3.05, 3.63) is 23.3 Å². The number of aliphatic hydroxyl groups is 1.